The van der Waals surface area contributed by atoms with Gasteiger partial charge in [-0.15, -0.1) is 11.3 Å². The lowest BCUT2D eigenvalue weighted by molar-refractivity contribution is 0.0993. The molecule has 1 heterocycles. The molecule has 0 fully saturated rings. The zero-order valence-electron chi connectivity index (χ0n) is 13.0. The van der Waals surface area contributed by atoms with Crippen LogP contribution in [-0.2, 0) is 11.3 Å². The Labute approximate surface area is 135 Å². The normalized spacial score (nSPS) is 11.5. The first-order valence-electron chi connectivity index (χ1n) is 7.14. The molecule has 5 heteroatoms. The highest BCUT2D eigenvalue weighted by Gasteiger charge is 2.15. The fourth-order valence-corrected chi connectivity index (χ4v) is 2.49. The van der Waals surface area contributed by atoms with Crippen LogP contribution in [0.4, 0.5) is 0 Å². The third kappa shape index (κ3) is 4.70. The van der Waals surface area contributed by atoms with Gasteiger partial charge in [-0.2, -0.15) is 4.99 Å². The van der Waals surface area contributed by atoms with Crippen LogP contribution in [0, 0.1) is 0 Å². The predicted molar refractivity (Wildman–Crippen MR) is 90.2 cm³/mol. The fourth-order valence-electron chi connectivity index (χ4n) is 1.88. The van der Waals surface area contributed by atoms with E-state index < -0.39 is 0 Å². The number of thiophene rings is 1. The Bertz CT molecular complexity index is 621. The molecule has 0 aliphatic rings. The van der Waals surface area contributed by atoms with Gasteiger partial charge in [-0.3, -0.25) is 4.79 Å². The van der Waals surface area contributed by atoms with Gasteiger partial charge in [-0.05, 0) is 30.9 Å². The van der Waals surface area contributed by atoms with Crippen molar-refractivity contribution >= 4 is 23.3 Å². The summed E-state index contributed by atoms with van der Waals surface area (Å²) in [4.78, 5) is 18.8. The van der Waals surface area contributed by atoms with E-state index in [1.807, 2.05) is 67.6 Å². The van der Waals surface area contributed by atoms with Gasteiger partial charge in [0.05, 0.1) is 11.0 Å². The second-order valence-electron chi connectivity index (χ2n) is 5.19. The number of benzene rings is 1. The fraction of sp³-hybridized carbons (Fsp3) is 0.294. The molecule has 1 aromatic carbocycles. The van der Waals surface area contributed by atoms with Crippen molar-refractivity contribution in [1.29, 1.82) is 0 Å². The van der Waals surface area contributed by atoms with Gasteiger partial charge in [0.1, 0.15) is 0 Å². The third-order valence-corrected chi connectivity index (χ3v) is 3.72. The number of rotatable bonds is 4. The van der Waals surface area contributed by atoms with E-state index in [9.17, 15) is 4.79 Å². The summed E-state index contributed by atoms with van der Waals surface area (Å²) in [6.45, 7) is 4.47. The van der Waals surface area contributed by atoms with Crippen molar-refractivity contribution in [1.82, 2.24) is 4.90 Å². The first-order valence-corrected chi connectivity index (χ1v) is 8.02. The molecule has 0 saturated carbocycles. The lowest BCUT2D eigenvalue weighted by Gasteiger charge is -2.22. The highest BCUT2D eigenvalue weighted by atomic mass is 32.1. The average Bonchev–Trinajstić information content (AvgIpc) is 3.01. The summed E-state index contributed by atoms with van der Waals surface area (Å²) in [5.41, 5.74) is 1.13. The smallest absolute Gasteiger partial charge is 0.295 e. The molecule has 2 aromatic rings. The van der Waals surface area contributed by atoms with E-state index in [1.54, 1.807) is 6.07 Å². The molecule has 0 aliphatic heterocycles. The van der Waals surface area contributed by atoms with Crippen molar-refractivity contribution in [3.8, 4) is 0 Å². The SMILES string of the molecule is CC(C)OC(=NC(=O)c1cccs1)N(C)Cc1ccccc1. The molecule has 0 unspecified atom stereocenters. The second-order valence-corrected chi connectivity index (χ2v) is 6.13. The van der Waals surface area contributed by atoms with Gasteiger partial charge >= 0.3 is 0 Å². The van der Waals surface area contributed by atoms with Crippen molar-refractivity contribution in [2.45, 2.75) is 26.5 Å². The maximum absolute atomic E-state index is 12.2. The molecule has 0 radical (unpaired) electrons. The first kappa shape index (κ1) is 16.2. The largest absolute Gasteiger partial charge is 0.462 e. The molecule has 22 heavy (non-hydrogen) atoms. The quantitative estimate of drug-likeness (QED) is 0.636. The molecule has 0 spiro atoms. The van der Waals surface area contributed by atoms with Crippen LogP contribution in [0.5, 0.6) is 0 Å². The Kier molecular flexibility index (Phi) is 5.72. The van der Waals surface area contributed by atoms with E-state index in [0.717, 1.165) is 5.56 Å². The van der Waals surface area contributed by atoms with Crippen LogP contribution in [0.3, 0.4) is 0 Å². The molecule has 0 atom stereocenters. The van der Waals surface area contributed by atoms with E-state index in [0.29, 0.717) is 17.4 Å². The van der Waals surface area contributed by atoms with Crippen LogP contribution >= 0.6 is 11.3 Å². The number of hydrogen-bond acceptors (Lipinski definition) is 3. The number of carbonyl (C=O) groups is 1. The average molecular weight is 316 g/mol. The molecular weight excluding hydrogens is 296 g/mol. The molecule has 1 aromatic heterocycles. The van der Waals surface area contributed by atoms with Gasteiger partial charge in [0, 0.05) is 13.6 Å². The summed E-state index contributed by atoms with van der Waals surface area (Å²) in [5, 5.41) is 1.86. The van der Waals surface area contributed by atoms with Crippen molar-refractivity contribution in [2.24, 2.45) is 4.99 Å². The molecule has 0 bridgehead atoms. The van der Waals surface area contributed by atoms with Crippen LogP contribution in [0.2, 0.25) is 0 Å². The maximum Gasteiger partial charge on any atom is 0.295 e. The van der Waals surface area contributed by atoms with Gasteiger partial charge in [-0.25, -0.2) is 0 Å². The standard InChI is InChI=1S/C17H20N2O2S/c1-13(2)21-17(18-16(20)15-10-7-11-22-15)19(3)12-14-8-5-4-6-9-14/h4-11,13H,12H2,1-3H3. The van der Waals surface area contributed by atoms with Crippen molar-refractivity contribution < 1.29 is 9.53 Å². The van der Waals surface area contributed by atoms with Crippen LogP contribution in [0.25, 0.3) is 0 Å². The van der Waals surface area contributed by atoms with E-state index in [1.165, 1.54) is 11.3 Å². The number of aliphatic imine (C=N–C) groups is 1. The molecule has 4 nitrogen and oxygen atoms in total. The Morgan fingerprint density at radius 2 is 1.95 bits per heavy atom. The number of nitrogens with zero attached hydrogens (tertiary/aromatic N) is 2. The number of hydrogen-bond donors (Lipinski definition) is 0. The first-order chi connectivity index (χ1) is 10.6. The molecule has 116 valence electrons. The lowest BCUT2D eigenvalue weighted by atomic mass is 10.2. The lowest BCUT2D eigenvalue weighted by Crippen LogP contribution is -2.31. The van der Waals surface area contributed by atoms with Gasteiger partial charge < -0.3 is 9.64 Å². The van der Waals surface area contributed by atoms with Crippen molar-refractivity contribution in [3.63, 3.8) is 0 Å². The molecule has 2 rings (SSSR count). The second kappa shape index (κ2) is 7.75. The molecular formula is C17H20N2O2S. The van der Waals surface area contributed by atoms with Gasteiger partial charge in [0.2, 0.25) is 0 Å². The van der Waals surface area contributed by atoms with Crippen LogP contribution in [0.1, 0.15) is 29.1 Å². The summed E-state index contributed by atoms with van der Waals surface area (Å²) < 4.78 is 5.71. The minimum Gasteiger partial charge on any atom is -0.462 e. The Morgan fingerprint density at radius 1 is 1.23 bits per heavy atom. The van der Waals surface area contributed by atoms with E-state index in [2.05, 4.69) is 4.99 Å². The minimum absolute atomic E-state index is 0.0480. The molecule has 0 aliphatic carbocycles. The Morgan fingerprint density at radius 3 is 2.55 bits per heavy atom. The monoisotopic (exact) mass is 316 g/mol. The summed E-state index contributed by atoms with van der Waals surface area (Å²) >= 11 is 1.38. The molecule has 0 saturated heterocycles. The Balaban J connectivity index is 2.16. The summed E-state index contributed by atoms with van der Waals surface area (Å²) in [5.74, 6) is -0.273. The number of ether oxygens (including phenoxy) is 1. The van der Waals surface area contributed by atoms with Crippen molar-refractivity contribution in [3.05, 3.63) is 58.3 Å². The minimum atomic E-state index is -0.273. The summed E-state index contributed by atoms with van der Waals surface area (Å²) in [6.07, 6.45) is -0.0480. The van der Waals surface area contributed by atoms with E-state index in [4.69, 9.17) is 4.74 Å². The van der Waals surface area contributed by atoms with Crippen molar-refractivity contribution in [2.75, 3.05) is 7.05 Å². The topological polar surface area (TPSA) is 41.9 Å². The summed E-state index contributed by atoms with van der Waals surface area (Å²) in [7, 11) is 1.87. The van der Waals surface area contributed by atoms with Gasteiger partial charge in [0.15, 0.2) is 0 Å². The predicted octanol–water partition coefficient (Wildman–Crippen LogP) is 3.80. The highest BCUT2D eigenvalue weighted by molar-refractivity contribution is 7.12. The maximum atomic E-state index is 12.2. The third-order valence-electron chi connectivity index (χ3n) is 2.86. The highest BCUT2D eigenvalue weighted by Crippen LogP contribution is 2.12. The zero-order valence-corrected chi connectivity index (χ0v) is 13.8. The Hall–Kier alpha value is -2.14. The van der Waals surface area contributed by atoms with E-state index in [-0.39, 0.29) is 12.0 Å². The van der Waals surface area contributed by atoms with Crippen LogP contribution < -0.4 is 0 Å². The van der Waals surface area contributed by atoms with Crippen LogP contribution in [0.15, 0.2) is 52.8 Å². The number of amides is 1. The number of amidine groups is 1. The molecule has 0 N–H and O–H groups in total. The van der Waals surface area contributed by atoms with Gasteiger partial charge in [0.25, 0.3) is 11.9 Å². The van der Waals surface area contributed by atoms with Gasteiger partial charge in [-0.1, -0.05) is 36.4 Å². The van der Waals surface area contributed by atoms with Crippen LogP contribution in [-0.4, -0.2) is 30.0 Å². The van der Waals surface area contributed by atoms with E-state index >= 15 is 0 Å². The summed E-state index contributed by atoms with van der Waals surface area (Å²) in [6, 6.07) is 14.0. The number of carbonyl (C=O) groups excluding carboxylic acids is 1. The zero-order chi connectivity index (χ0) is 15.9. The molecule has 1 amide bonds.